The molecule has 2 N–H and O–H groups in total. The number of nitrogens with zero attached hydrogens (tertiary/aromatic N) is 1. The Morgan fingerprint density at radius 3 is 2.71 bits per heavy atom. The molecule has 0 spiro atoms. The fourth-order valence-corrected chi connectivity index (χ4v) is 1.83. The first kappa shape index (κ1) is 13.8. The second kappa shape index (κ2) is 7.17. The van der Waals surface area contributed by atoms with Crippen molar-refractivity contribution < 1.29 is 4.74 Å². The van der Waals surface area contributed by atoms with Crippen LogP contribution in [0.5, 0.6) is 5.75 Å². The molecule has 1 atom stereocenters. The Hall–Kier alpha value is -1.22. The first-order valence-corrected chi connectivity index (χ1v) is 6.39. The van der Waals surface area contributed by atoms with Crippen molar-refractivity contribution in [2.75, 3.05) is 25.4 Å². The predicted molar refractivity (Wildman–Crippen MR) is 73.3 cm³/mol. The largest absolute Gasteiger partial charge is 0.492 e. The molecule has 0 aromatic heterocycles. The summed E-state index contributed by atoms with van der Waals surface area (Å²) in [5.74, 6) is 0.852. The minimum absolute atomic E-state index is 0.615. The van der Waals surface area contributed by atoms with Crippen LogP contribution in [0.1, 0.15) is 27.2 Å². The first-order valence-electron chi connectivity index (χ1n) is 6.39. The van der Waals surface area contributed by atoms with E-state index in [1.54, 1.807) is 0 Å². The van der Waals surface area contributed by atoms with Crippen molar-refractivity contribution in [1.82, 2.24) is 4.90 Å². The van der Waals surface area contributed by atoms with E-state index in [0.29, 0.717) is 12.6 Å². The van der Waals surface area contributed by atoms with Gasteiger partial charge in [-0.2, -0.15) is 0 Å². The summed E-state index contributed by atoms with van der Waals surface area (Å²) in [7, 11) is 0. The van der Waals surface area contributed by atoms with Gasteiger partial charge in [0.05, 0.1) is 0 Å². The van der Waals surface area contributed by atoms with E-state index in [2.05, 4.69) is 25.7 Å². The zero-order chi connectivity index (χ0) is 12.7. The van der Waals surface area contributed by atoms with Crippen molar-refractivity contribution in [1.29, 1.82) is 0 Å². The molecule has 0 radical (unpaired) electrons. The molecule has 0 fully saturated rings. The number of rotatable bonds is 7. The van der Waals surface area contributed by atoms with Gasteiger partial charge in [-0.05, 0) is 32.0 Å². The second-order valence-corrected chi connectivity index (χ2v) is 4.31. The minimum Gasteiger partial charge on any atom is -0.492 e. The number of anilines is 1. The van der Waals surface area contributed by atoms with Crippen molar-refractivity contribution in [3.05, 3.63) is 24.3 Å². The molecular weight excluding hydrogens is 212 g/mol. The van der Waals surface area contributed by atoms with Crippen LogP contribution in [0.25, 0.3) is 0 Å². The van der Waals surface area contributed by atoms with Crippen LogP contribution in [-0.2, 0) is 0 Å². The Labute approximate surface area is 105 Å². The summed E-state index contributed by atoms with van der Waals surface area (Å²) < 4.78 is 5.69. The lowest BCUT2D eigenvalue weighted by Gasteiger charge is -2.26. The van der Waals surface area contributed by atoms with E-state index in [-0.39, 0.29) is 0 Å². The van der Waals surface area contributed by atoms with Crippen molar-refractivity contribution in [2.24, 2.45) is 0 Å². The molecule has 3 nitrogen and oxygen atoms in total. The smallest absolute Gasteiger partial charge is 0.121 e. The molecule has 1 aromatic carbocycles. The van der Waals surface area contributed by atoms with E-state index >= 15 is 0 Å². The third-order valence-corrected chi connectivity index (χ3v) is 3.13. The van der Waals surface area contributed by atoms with E-state index in [1.165, 1.54) is 6.42 Å². The highest BCUT2D eigenvalue weighted by molar-refractivity contribution is 5.43. The molecule has 0 aliphatic heterocycles. The van der Waals surface area contributed by atoms with Crippen molar-refractivity contribution in [3.63, 3.8) is 0 Å². The van der Waals surface area contributed by atoms with Gasteiger partial charge in [-0.3, -0.25) is 4.90 Å². The number of nitrogens with two attached hydrogens (primary N) is 1. The van der Waals surface area contributed by atoms with Crippen LogP contribution < -0.4 is 10.5 Å². The van der Waals surface area contributed by atoms with E-state index in [1.807, 2.05) is 24.3 Å². The molecule has 17 heavy (non-hydrogen) atoms. The lowest BCUT2D eigenvalue weighted by molar-refractivity contribution is 0.172. The van der Waals surface area contributed by atoms with E-state index in [4.69, 9.17) is 10.5 Å². The number of ether oxygens (including phenoxy) is 1. The summed E-state index contributed by atoms with van der Waals surface area (Å²) in [6.45, 7) is 9.39. The fourth-order valence-electron chi connectivity index (χ4n) is 1.83. The Morgan fingerprint density at radius 2 is 2.12 bits per heavy atom. The average molecular weight is 236 g/mol. The van der Waals surface area contributed by atoms with E-state index in [9.17, 15) is 0 Å². The van der Waals surface area contributed by atoms with Crippen molar-refractivity contribution >= 4 is 5.69 Å². The van der Waals surface area contributed by atoms with Gasteiger partial charge in [0, 0.05) is 24.3 Å². The normalized spacial score (nSPS) is 12.7. The maximum Gasteiger partial charge on any atom is 0.121 e. The van der Waals surface area contributed by atoms with Gasteiger partial charge in [0.2, 0.25) is 0 Å². The summed E-state index contributed by atoms with van der Waals surface area (Å²) in [6.07, 6.45) is 1.17. The highest BCUT2D eigenvalue weighted by Crippen LogP contribution is 2.14. The van der Waals surface area contributed by atoms with E-state index < -0.39 is 0 Å². The zero-order valence-electron chi connectivity index (χ0n) is 11.1. The predicted octanol–water partition coefficient (Wildman–Crippen LogP) is 2.77. The standard InChI is InChI=1S/C14H24N2O/c1-4-12(3)16(5-2)9-10-17-14-8-6-7-13(15)11-14/h6-8,11-12H,4-5,9-10,15H2,1-3H3. The Kier molecular flexibility index (Phi) is 5.84. The third kappa shape index (κ3) is 4.65. The topological polar surface area (TPSA) is 38.5 Å². The lowest BCUT2D eigenvalue weighted by atomic mass is 10.2. The SMILES string of the molecule is CCC(C)N(CC)CCOc1cccc(N)c1. The summed E-state index contributed by atoms with van der Waals surface area (Å²) in [6, 6.07) is 8.20. The molecule has 0 heterocycles. The summed E-state index contributed by atoms with van der Waals surface area (Å²) in [4.78, 5) is 2.42. The highest BCUT2D eigenvalue weighted by atomic mass is 16.5. The molecule has 0 aliphatic carbocycles. The number of nitrogen functional groups attached to an aromatic ring is 1. The maximum atomic E-state index is 5.70. The molecule has 0 amide bonds. The van der Waals surface area contributed by atoms with Gasteiger partial charge >= 0.3 is 0 Å². The highest BCUT2D eigenvalue weighted by Gasteiger charge is 2.09. The third-order valence-electron chi connectivity index (χ3n) is 3.13. The van der Waals surface area contributed by atoms with E-state index in [0.717, 1.165) is 24.5 Å². The van der Waals surface area contributed by atoms with Crippen LogP contribution in [0.4, 0.5) is 5.69 Å². The van der Waals surface area contributed by atoms with Crippen LogP contribution in [0, 0.1) is 0 Å². The second-order valence-electron chi connectivity index (χ2n) is 4.31. The van der Waals surface area contributed by atoms with Gasteiger partial charge in [0.25, 0.3) is 0 Å². The molecular formula is C14H24N2O. The number of hydrogen-bond donors (Lipinski definition) is 1. The molecule has 1 rings (SSSR count). The van der Waals surface area contributed by atoms with Gasteiger partial charge in [-0.1, -0.05) is 19.9 Å². The summed E-state index contributed by atoms with van der Waals surface area (Å²) in [5.41, 5.74) is 6.44. The maximum absolute atomic E-state index is 5.70. The Balaban J connectivity index is 2.36. The van der Waals surface area contributed by atoms with Crippen molar-refractivity contribution in [3.8, 4) is 5.75 Å². The fraction of sp³-hybridized carbons (Fsp3) is 0.571. The van der Waals surface area contributed by atoms with Crippen LogP contribution in [0.3, 0.4) is 0 Å². The number of likely N-dealkylation sites (N-methyl/N-ethyl adjacent to an activating group) is 1. The molecule has 0 saturated heterocycles. The van der Waals surface area contributed by atoms with Gasteiger partial charge < -0.3 is 10.5 Å². The quantitative estimate of drug-likeness (QED) is 0.740. The molecule has 96 valence electrons. The number of benzene rings is 1. The Morgan fingerprint density at radius 1 is 1.35 bits per heavy atom. The lowest BCUT2D eigenvalue weighted by Crippen LogP contribution is -2.35. The van der Waals surface area contributed by atoms with Crippen LogP contribution in [0.2, 0.25) is 0 Å². The van der Waals surface area contributed by atoms with Gasteiger partial charge in [0.15, 0.2) is 0 Å². The van der Waals surface area contributed by atoms with Crippen LogP contribution >= 0.6 is 0 Å². The molecule has 0 aliphatic rings. The molecule has 0 saturated carbocycles. The zero-order valence-corrected chi connectivity index (χ0v) is 11.1. The molecule has 3 heteroatoms. The molecule has 1 unspecified atom stereocenters. The monoisotopic (exact) mass is 236 g/mol. The first-order chi connectivity index (χ1) is 8.17. The molecule has 1 aromatic rings. The van der Waals surface area contributed by atoms with Crippen LogP contribution in [-0.4, -0.2) is 30.6 Å². The summed E-state index contributed by atoms with van der Waals surface area (Å²) in [5, 5.41) is 0. The Bertz CT molecular complexity index is 328. The van der Waals surface area contributed by atoms with Crippen molar-refractivity contribution in [2.45, 2.75) is 33.2 Å². The van der Waals surface area contributed by atoms with Gasteiger partial charge in [-0.25, -0.2) is 0 Å². The van der Waals surface area contributed by atoms with Gasteiger partial charge in [0.1, 0.15) is 12.4 Å². The van der Waals surface area contributed by atoms with Crippen LogP contribution in [0.15, 0.2) is 24.3 Å². The van der Waals surface area contributed by atoms with Gasteiger partial charge in [-0.15, -0.1) is 0 Å². The number of hydrogen-bond acceptors (Lipinski definition) is 3. The molecule has 0 bridgehead atoms. The average Bonchev–Trinajstić information content (AvgIpc) is 2.34. The summed E-state index contributed by atoms with van der Waals surface area (Å²) >= 11 is 0. The minimum atomic E-state index is 0.615.